The predicted molar refractivity (Wildman–Crippen MR) is 79.9 cm³/mol. The fourth-order valence-electron chi connectivity index (χ4n) is 2.34. The molecule has 0 radical (unpaired) electrons. The topological polar surface area (TPSA) is 97.5 Å². The van der Waals surface area contributed by atoms with Gasteiger partial charge in [-0.05, 0) is 30.9 Å². The first-order valence-corrected chi connectivity index (χ1v) is 8.43. The van der Waals surface area contributed by atoms with Crippen molar-refractivity contribution in [2.45, 2.75) is 19.4 Å². The van der Waals surface area contributed by atoms with Gasteiger partial charge in [-0.1, -0.05) is 6.07 Å². The van der Waals surface area contributed by atoms with Gasteiger partial charge in [0, 0.05) is 31.9 Å². The summed E-state index contributed by atoms with van der Waals surface area (Å²) in [5.41, 5.74) is 6.42. The molecular formula is C13H22N4O3S. The molecule has 2 heterocycles. The molecule has 0 bridgehead atoms. The molecule has 1 aliphatic rings. The summed E-state index contributed by atoms with van der Waals surface area (Å²) in [6.07, 6.45) is 3.44. The second-order valence-corrected chi connectivity index (χ2v) is 6.89. The lowest BCUT2D eigenvalue weighted by Crippen LogP contribution is -2.47. The first-order valence-electron chi connectivity index (χ1n) is 6.99. The van der Waals surface area contributed by atoms with Crippen molar-refractivity contribution in [2.24, 2.45) is 11.7 Å². The van der Waals surface area contributed by atoms with Crippen LogP contribution in [0.2, 0.25) is 0 Å². The zero-order valence-corrected chi connectivity index (χ0v) is 13.0. The molecule has 0 amide bonds. The second kappa shape index (κ2) is 7.17. The van der Waals surface area contributed by atoms with Gasteiger partial charge < -0.3 is 10.5 Å². The van der Waals surface area contributed by atoms with Gasteiger partial charge in [-0.25, -0.2) is 4.98 Å². The summed E-state index contributed by atoms with van der Waals surface area (Å²) < 4.78 is 33.6. The number of nitrogens with zero attached hydrogens (tertiary/aromatic N) is 2. The molecule has 7 nitrogen and oxygen atoms in total. The fraction of sp³-hybridized carbons (Fsp3) is 0.615. The van der Waals surface area contributed by atoms with E-state index in [0.717, 1.165) is 18.4 Å². The van der Waals surface area contributed by atoms with E-state index in [1.165, 1.54) is 11.4 Å². The number of piperidine rings is 1. The van der Waals surface area contributed by atoms with Crippen molar-refractivity contribution in [3.63, 3.8) is 0 Å². The van der Waals surface area contributed by atoms with Gasteiger partial charge in [-0.2, -0.15) is 17.4 Å². The molecule has 0 aliphatic carbocycles. The number of aromatic nitrogens is 1. The largest absolute Gasteiger partial charge is 0.481 e. The van der Waals surface area contributed by atoms with E-state index in [4.69, 9.17) is 10.5 Å². The van der Waals surface area contributed by atoms with E-state index in [9.17, 15) is 8.42 Å². The zero-order chi connectivity index (χ0) is 15.3. The molecule has 1 atom stereocenters. The summed E-state index contributed by atoms with van der Waals surface area (Å²) in [5, 5.41) is 0. The molecule has 118 valence electrons. The van der Waals surface area contributed by atoms with Crippen LogP contribution in [0.15, 0.2) is 18.3 Å². The zero-order valence-electron chi connectivity index (χ0n) is 12.2. The van der Waals surface area contributed by atoms with Crippen LogP contribution in [0.1, 0.15) is 18.4 Å². The van der Waals surface area contributed by atoms with Gasteiger partial charge in [0.2, 0.25) is 5.88 Å². The van der Waals surface area contributed by atoms with Crippen molar-refractivity contribution in [3.05, 3.63) is 23.9 Å². The predicted octanol–water partition coefficient (Wildman–Crippen LogP) is 0.0953. The maximum Gasteiger partial charge on any atom is 0.279 e. The van der Waals surface area contributed by atoms with E-state index in [-0.39, 0.29) is 12.5 Å². The van der Waals surface area contributed by atoms with E-state index in [0.29, 0.717) is 25.5 Å². The Bertz CT molecular complexity index is 547. The first-order chi connectivity index (χ1) is 10.0. The van der Waals surface area contributed by atoms with Crippen LogP contribution in [0.5, 0.6) is 5.88 Å². The minimum Gasteiger partial charge on any atom is -0.481 e. The number of nitrogens with one attached hydrogen (secondary N) is 1. The van der Waals surface area contributed by atoms with Gasteiger partial charge in [-0.15, -0.1) is 0 Å². The number of pyridine rings is 1. The third-order valence-electron chi connectivity index (χ3n) is 3.62. The van der Waals surface area contributed by atoms with Gasteiger partial charge in [0.05, 0.1) is 7.11 Å². The number of methoxy groups -OCH3 is 1. The Hall–Kier alpha value is -1.22. The second-order valence-electron chi connectivity index (χ2n) is 5.14. The van der Waals surface area contributed by atoms with Crippen LogP contribution in [0, 0.1) is 5.92 Å². The fourth-order valence-corrected chi connectivity index (χ4v) is 3.65. The SMILES string of the molecule is COc1ccc(CNS(=O)(=O)N2CCCC(CN)C2)cn1. The van der Waals surface area contributed by atoms with Gasteiger partial charge in [0.25, 0.3) is 10.2 Å². The van der Waals surface area contributed by atoms with E-state index < -0.39 is 10.2 Å². The van der Waals surface area contributed by atoms with Crippen LogP contribution < -0.4 is 15.2 Å². The highest BCUT2D eigenvalue weighted by atomic mass is 32.2. The average Bonchev–Trinajstić information content (AvgIpc) is 2.53. The minimum absolute atomic E-state index is 0.211. The number of nitrogens with two attached hydrogens (primary N) is 1. The molecule has 0 spiro atoms. The lowest BCUT2D eigenvalue weighted by molar-refractivity contribution is 0.268. The van der Waals surface area contributed by atoms with Crippen molar-refractivity contribution in [2.75, 3.05) is 26.7 Å². The molecule has 3 N–H and O–H groups in total. The molecular weight excluding hydrogens is 292 g/mol. The van der Waals surface area contributed by atoms with Crippen molar-refractivity contribution < 1.29 is 13.2 Å². The van der Waals surface area contributed by atoms with Gasteiger partial charge in [0.15, 0.2) is 0 Å². The Kier molecular flexibility index (Phi) is 5.51. The molecule has 1 aromatic rings. The Morgan fingerprint density at radius 1 is 1.52 bits per heavy atom. The van der Waals surface area contributed by atoms with Gasteiger partial charge in [-0.3, -0.25) is 0 Å². The standard InChI is InChI=1S/C13H22N4O3S/c1-20-13-5-4-12(8-15-13)9-16-21(18,19)17-6-2-3-11(7-14)10-17/h4-5,8,11,16H,2-3,6-7,9-10,14H2,1H3. The lowest BCUT2D eigenvalue weighted by Gasteiger charge is -2.31. The molecule has 1 unspecified atom stereocenters. The van der Waals surface area contributed by atoms with Crippen molar-refractivity contribution >= 4 is 10.2 Å². The third kappa shape index (κ3) is 4.37. The normalized spacial score (nSPS) is 20.4. The summed E-state index contributed by atoms with van der Waals surface area (Å²) >= 11 is 0. The third-order valence-corrected chi connectivity index (χ3v) is 5.14. The summed E-state index contributed by atoms with van der Waals surface area (Å²) in [7, 11) is -1.93. The van der Waals surface area contributed by atoms with E-state index >= 15 is 0 Å². The number of rotatable bonds is 6. The summed E-state index contributed by atoms with van der Waals surface area (Å²) in [6, 6.07) is 3.49. The average molecular weight is 314 g/mol. The van der Waals surface area contributed by atoms with Crippen molar-refractivity contribution in [3.8, 4) is 5.88 Å². The van der Waals surface area contributed by atoms with Crippen LogP contribution in [0.3, 0.4) is 0 Å². The van der Waals surface area contributed by atoms with Crippen molar-refractivity contribution in [1.29, 1.82) is 0 Å². The Morgan fingerprint density at radius 3 is 2.95 bits per heavy atom. The lowest BCUT2D eigenvalue weighted by atomic mass is 10.0. The van der Waals surface area contributed by atoms with Crippen LogP contribution in [-0.4, -0.2) is 44.5 Å². The number of hydrogen-bond donors (Lipinski definition) is 2. The first kappa shape index (κ1) is 16.2. The Morgan fingerprint density at radius 2 is 2.33 bits per heavy atom. The maximum absolute atomic E-state index is 12.3. The highest BCUT2D eigenvalue weighted by molar-refractivity contribution is 7.87. The smallest absolute Gasteiger partial charge is 0.279 e. The summed E-state index contributed by atoms with van der Waals surface area (Å²) in [6.45, 7) is 1.77. The molecule has 0 saturated carbocycles. The number of ether oxygens (including phenoxy) is 1. The van der Waals surface area contributed by atoms with Crippen LogP contribution in [0.25, 0.3) is 0 Å². The van der Waals surface area contributed by atoms with Gasteiger partial charge >= 0.3 is 0 Å². The molecule has 2 rings (SSSR count). The minimum atomic E-state index is -3.47. The van der Waals surface area contributed by atoms with Crippen LogP contribution >= 0.6 is 0 Å². The van der Waals surface area contributed by atoms with E-state index in [1.54, 1.807) is 18.3 Å². The van der Waals surface area contributed by atoms with E-state index in [2.05, 4.69) is 9.71 Å². The monoisotopic (exact) mass is 314 g/mol. The van der Waals surface area contributed by atoms with Gasteiger partial charge in [0.1, 0.15) is 0 Å². The Labute approximate surface area is 125 Å². The molecule has 8 heteroatoms. The highest BCUT2D eigenvalue weighted by Gasteiger charge is 2.27. The summed E-state index contributed by atoms with van der Waals surface area (Å²) in [5.74, 6) is 0.751. The molecule has 1 aliphatic heterocycles. The quantitative estimate of drug-likeness (QED) is 0.776. The van der Waals surface area contributed by atoms with E-state index in [1.807, 2.05) is 0 Å². The molecule has 0 aromatic carbocycles. The Balaban J connectivity index is 1.93. The molecule has 21 heavy (non-hydrogen) atoms. The number of hydrogen-bond acceptors (Lipinski definition) is 5. The molecule has 1 aromatic heterocycles. The maximum atomic E-state index is 12.3. The molecule has 1 saturated heterocycles. The highest BCUT2D eigenvalue weighted by Crippen LogP contribution is 2.17. The van der Waals surface area contributed by atoms with Crippen LogP contribution in [-0.2, 0) is 16.8 Å². The molecule has 1 fully saturated rings. The summed E-state index contributed by atoms with van der Waals surface area (Å²) in [4.78, 5) is 4.05. The van der Waals surface area contributed by atoms with Crippen LogP contribution in [0.4, 0.5) is 0 Å². The van der Waals surface area contributed by atoms with Crippen molar-refractivity contribution in [1.82, 2.24) is 14.0 Å².